The van der Waals surface area contributed by atoms with Gasteiger partial charge in [0.2, 0.25) is 5.91 Å². The van der Waals surface area contributed by atoms with E-state index in [0.717, 1.165) is 18.7 Å². The van der Waals surface area contributed by atoms with Gasteiger partial charge in [0.1, 0.15) is 11.6 Å². The van der Waals surface area contributed by atoms with Crippen molar-refractivity contribution >= 4 is 23.4 Å². The van der Waals surface area contributed by atoms with Gasteiger partial charge in [0, 0.05) is 24.7 Å². The fraction of sp³-hybridized carbons (Fsp3) is 0.227. The molecule has 0 unspecified atom stereocenters. The van der Waals surface area contributed by atoms with Gasteiger partial charge < -0.3 is 14.6 Å². The molecule has 6 nitrogen and oxygen atoms in total. The summed E-state index contributed by atoms with van der Waals surface area (Å²) in [4.78, 5) is 12.3. The van der Waals surface area contributed by atoms with Gasteiger partial charge in [0.25, 0.3) is 0 Å². The molecular formula is C22H24N4O2S. The summed E-state index contributed by atoms with van der Waals surface area (Å²) in [5.41, 5.74) is 1.96. The summed E-state index contributed by atoms with van der Waals surface area (Å²) < 4.78 is 7.19. The minimum absolute atomic E-state index is 0.109. The number of hydrogen-bond acceptors (Lipinski definition) is 5. The Hall–Kier alpha value is -3.06. The Kier molecular flexibility index (Phi) is 7.47. The van der Waals surface area contributed by atoms with Crippen LogP contribution < -0.4 is 10.1 Å². The lowest BCUT2D eigenvalue weighted by atomic mass is 10.1. The Morgan fingerprint density at radius 2 is 2.00 bits per heavy atom. The molecule has 1 aromatic heterocycles. The van der Waals surface area contributed by atoms with E-state index in [1.165, 1.54) is 17.3 Å². The molecule has 1 N–H and O–H groups in total. The number of nitrogens with one attached hydrogen (secondary N) is 1. The van der Waals surface area contributed by atoms with Gasteiger partial charge in [0.05, 0.1) is 12.9 Å². The monoisotopic (exact) mass is 408 g/mol. The highest BCUT2D eigenvalue weighted by Crippen LogP contribution is 2.20. The quantitative estimate of drug-likeness (QED) is 0.406. The molecule has 0 fully saturated rings. The van der Waals surface area contributed by atoms with E-state index in [-0.39, 0.29) is 11.7 Å². The van der Waals surface area contributed by atoms with Crippen molar-refractivity contribution in [3.63, 3.8) is 0 Å². The Morgan fingerprint density at radius 3 is 2.76 bits per heavy atom. The van der Waals surface area contributed by atoms with Crippen molar-refractivity contribution < 1.29 is 9.53 Å². The van der Waals surface area contributed by atoms with E-state index in [9.17, 15) is 4.79 Å². The molecule has 1 amide bonds. The Morgan fingerprint density at radius 1 is 1.17 bits per heavy atom. The average molecular weight is 409 g/mol. The number of benzene rings is 2. The van der Waals surface area contributed by atoms with Crippen LogP contribution in [0.3, 0.4) is 0 Å². The van der Waals surface area contributed by atoms with Crippen molar-refractivity contribution in [2.45, 2.75) is 24.5 Å². The molecule has 2 aromatic carbocycles. The smallest absolute Gasteiger partial charge is 0.234 e. The molecule has 0 aliphatic heterocycles. The third-order valence-corrected chi connectivity index (χ3v) is 5.24. The largest absolute Gasteiger partial charge is 0.497 e. The molecule has 3 rings (SSSR count). The van der Waals surface area contributed by atoms with E-state index in [4.69, 9.17) is 4.74 Å². The topological polar surface area (TPSA) is 69.0 Å². The van der Waals surface area contributed by atoms with E-state index in [0.29, 0.717) is 23.1 Å². The molecule has 0 aliphatic rings. The Labute approximate surface area is 175 Å². The first-order valence-electron chi connectivity index (χ1n) is 9.33. The average Bonchev–Trinajstić information content (AvgIpc) is 3.13. The fourth-order valence-corrected chi connectivity index (χ4v) is 3.62. The van der Waals surface area contributed by atoms with Gasteiger partial charge in [-0.3, -0.25) is 4.79 Å². The zero-order valence-corrected chi connectivity index (χ0v) is 17.2. The summed E-state index contributed by atoms with van der Waals surface area (Å²) in [7, 11) is 1.60. The van der Waals surface area contributed by atoms with Crippen LogP contribution in [0.15, 0.2) is 72.4 Å². The van der Waals surface area contributed by atoms with E-state index in [1.807, 2.05) is 47.0 Å². The number of methoxy groups -OCH3 is 1. The second-order valence-corrected chi connectivity index (χ2v) is 7.29. The van der Waals surface area contributed by atoms with Gasteiger partial charge in [-0.05, 0) is 24.1 Å². The molecule has 29 heavy (non-hydrogen) atoms. The molecule has 0 aliphatic carbocycles. The van der Waals surface area contributed by atoms with E-state index >= 15 is 0 Å². The third kappa shape index (κ3) is 5.96. The number of aromatic nitrogens is 3. The molecule has 150 valence electrons. The standard InChI is InChI=1S/C22H24N4O2S/c1-3-14-26-20(13-12-17-8-5-4-6-9-17)24-25-22(26)29-16-21(27)23-18-10-7-11-19(15-18)28-2/h3-11,15H,1,12-14,16H2,2H3,(H,23,27). The number of carbonyl (C=O) groups excluding carboxylic acids is 1. The summed E-state index contributed by atoms with van der Waals surface area (Å²) in [5.74, 6) is 1.72. The minimum Gasteiger partial charge on any atom is -0.497 e. The molecule has 1 heterocycles. The van der Waals surface area contributed by atoms with Crippen LogP contribution in [0.1, 0.15) is 11.4 Å². The van der Waals surface area contributed by atoms with Gasteiger partial charge in [-0.15, -0.1) is 16.8 Å². The van der Waals surface area contributed by atoms with Gasteiger partial charge in [-0.25, -0.2) is 0 Å². The number of amides is 1. The van der Waals surface area contributed by atoms with Crippen LogP contribution in [0, 0.1) is 0 Å². The number of anilines is 1. The highest BCUT2D eigenvalue weighted by atomic mass is 32.2. The highest BCUT2D eigenvalue weighted by molar-refractivity contribution is 7.99. The summed E-state index contributed by atoms with van der Waals surface area (Å²) in [5, 5.41) is 12.2. The van der Waals surface area contributed by atoms with Crippen LogP contribution in [0.5, 0.6) is 5.75 Å². The summed E-state index contributed by atoms with van der Waals surface area (Å²) in [6.45, 7) is 4.43. The van der Waals surface area contributed by atoms with Crippen LogP contribution in [0.2, 0.25) is 0 Å². The second kappa shape index (κ2) is 10.5. The molecule has 0 atom stereocenters. The lowest BCUT2D eigenvalue weighted by Gasteiger charge is -2.09. The lowest BCUT2D eigenvalue weighted by molar-refractivity contribution is -0.113. The third-order valence-electron chi connectivity index (χ3n) is 4.27. The molecular weight excluding hydrogens is 384 g/mol. The number of carbonyl (C=O) groups is 1. The summed E-state index contributed by atoms with van der Waals surface area (Å²) in [6.07, 6.45) is 3.48. The van der Waals surface area contributed by atoms with Crippen LogP contribution in [0.25, 0.3) is 0 Å². The predicted octanol–water partition coefficient (Wildman–Crippen LogP) is 3.99. The number of hydrogen-bond donors (Lipinski definition) is 1. The van der Waals surface area contributed by atoms with Gasteiger partial charge in [-0.1, -0.05) is 54.2 Å². The second-order valence-electron chi connectivity index (χ2n) is 6.35. The summed E-state index contributed by atoms with van der Waals surface area (Å²) in [6, 6.07) is 17.6. The molecule has 0 bridgehead atoms. The van der Waals surface area contributed by atoms with Crippen molar-refractivity contribution in [1.82, 2.24) is 14.8 Å². The minimum atomic E-state index is -0.109. The maximum Gasteiger partial charge on any atom is 0.234 e. The van der Waals surface area contributed by atoms with E-state index in [1.54, 1.807) is 13.2 Å². The maximum atomic E-state index is 12.3. The number of nitrogens with zero attached hydrogens (tertiary/aromatic N) is 3. The number of rotatable bonds is 10. The number of allylic oxidation sites excluding steroid dienone is 1. The first kappa shape index (κ1) is 20.7. The first-order valence-corrected chi connectivity index (χ1v) is 10.3. The molecule has 0 saturated carbocycles. The van der Waals surface area contributed by atoms with Crippen molar-refractivity contribution in [3.05, 3.63) is 78.6 Å². The van der Waals surface area contributed by atoms with Crippen molar-refractivity contribution in [1.29, 1.82) is 0 Å². The number of aryl methyl sites for hydroxylation is 2. The highest BCUT2D eigenvalue weighted by Gasteiger charge is 2.14. The van der Waals surface area contributed by atoms with Crippen molar-refractivity contribution in [2.24, 2.45) is 0 Å². The Balaban J connectivity index is 1.60. The first-order chi connectivity index (χ1) is 14.2. The van der Waals surface area contributed by atoms with Crippen LogP contribution in [-0.4, -0.2) is 33.5 Å². The normalized spacial score (nSPS) is 10.5. The number of ether oxygens (including phenoxy) is 1. The van der Waals surface area contributed by atoms with Crippen molar-refractivity contribution in [3.8, 4) is 5.75 Å². The Bertz CT molecular complexity index is 956. The zero-order chi connectivity index (χ0) is 20.5. The SMILES string of the molecule is C=CCn1c(CCc2ccccc2)nnc1SCC(=O)Nc1cccc(OC)c1. The lowest BCUT2D eigenvalue weighted by Crippen LogP contribution is -2.15. The molecule has 0 radical (unpaired) electrons. The van der Waals surface area contributed by atoms with Gasteiger partial charge >= 0.3 is 0 Å². The van der Waals surface area contributed by atoms with Gasteiger partial charge in [0.15, 0.2) is 5.16 Å². The van der Waals surface area contributed by atoms with Crippen LogP contribution in [-0.2, 0) is 24.2 Å². The van der Waals surface area contributed by atoms with Crippen LogP contribution >= 0.6 is 11.8 Å². The molecule has 7 heteroatoms. The van der Waals surface area contributed by atoms with E-state index < -0.39 is 0 Å². The van der Waals surface area contributed by atoms with Crippen molar-refractivity contribution in [2.75, 3.05) is 18.2 Å². The predicted molar refractivity (Wildman–Crippen MR) is 116 cm³/mol. The summed E-state index contributed by atoms with van der Waals surface area (Å²) >= 11 is 1.37. The zero-order valence-electron chi connectivity index (χ0n) is 16.4. The maximum absolute atomic E-state index is 12.3. The number of thioether (sulfide) groups is 1. The molecule has 0 saturated heterocycles. The van der Waals surface area contributed by atoms with E-state index in [2.05, 4.69) is 34.2 Å². The van der Waals surface area contributed by atoms with Gasteiger partial charge in [-0.2, -0.15) is 0 Å². The van der Waals surface area contributed by atoms with Crippen LogP contribution in [0.4, 0.5) is 5.69 Å². The molecule has 3 aromatic rings. The fourth-order valence-electron chi connectivity index (χ4n) is 2.85. The molecule has 0 spiro atoms.